The van der Waals surface area contributed by atoms with Gasteiger partial charge in [0.1, 0.15) is 0 Å². The van der Waals surface area contributed by atoms with Crippen LogP contribution in [-0.2, 0) is 4.79 Å². The monoisotopic (exact) mass is 253 g/mol. The Hall–Kier alpha value is -0.610. The van der Waals surface area contributed by atoms with Crippen molar-refractivity contribution >= 4 is 5.91 Å². The molecule has 0 radical (unpaired) electrons. The molecular weight excluding hydrogens is 226 g/mol. The predicted octanol–water partition coefficient (Wildman–Crippen LogP) is 0.929. The molecule has 0 aromatic rings. The van der Waals surface area contributed by atoms with Crippen LogP contribution < -0.4 is 5.32 Å². The van der Waals surface area contributed by atoms with E-state index < -0.39 is 0 Å². The van der Waals surface area contributed by atoms with Gasteiger partial charge in [0.2, 0.25) is 5.91 Å². The van der Waals surface area contributed by atoms with Crippen molar-refractivity contribution < 1.29 is 4.79 Å². The van der Waals surface area contributed by atoms with E-state index in [0.29, 0.717) is 17.9 Å². The third-order valence-corrected chi connectivity index (χ3v) is 4.48. The van der Waals surface area contributed by atoms with Crippen molar-refractivity contribution in [3.05, 3.63) is 0 Å². The number of amides is 1. The second-order valence-corrected chi connectivity index (χ2v) is 5.81. The number of nitrogens with one attached hydrogen (secondary N) is 1. The zero-order valence-electron chi connectivity index (χ0n) is 11.8. The lowest BCUT2D eigenvalue weighted by molar-refractivity contribution is -0.139. The van der Waals surface area contributed by atoms with E-state index in [9.17, 15) is 4.79 Å². The molecule has 1 aliphatic carbocycles. The number of likely N-dealkylation sites (N-methyl/N-ethyl adjacent to an activating group) is 2. The Bertz CT molecular complexity index is 276. The second-order valence-electron chi connectivity index (χ2n) is 5.81. The summed E-state index contributed by atoms with van der Waals surface area (Å²) in [6.45, 7) is 3.77. The number of hydrogen-bond acceptors (Lipinski definition) is 3. The number of nitrogens with zero attached hydrogens (tertiary/aromatic N) is 2. The first-order valence-electron chi connectivity index (χ1n) is 7.36. The van der Waals surface area contributed by atoms with Crippen molar-refractivity contribution in [3.63, 3.8) is 0 Å². The average molecular weight is 253 g/mol. The van der Waals surface area contributed by atoms with Crippen LogP contribution in [0.2, 0.25) is 0 Å². The topological polar surface area (TPSA) is 35.6 Å². The van der Waals surface area contributed by atoms with Crippen molar-refractivity contribution in [2.24, 2.45) is 5.92 Å². The van der Waals surface area contributed by atoms with Gasteiger partial charge in [-0.25, -0.2) is 0 Å². The Kier molecular flexibility index (Phi) is 5.01. The standard InChI is InChI=1S/C14H27N3O/c1-15-10-13-11-17(9-8-16(13)2)14(18)12-6-4-3-5-7-12/h12-13,15H,3-11H2,1-2H3. The molecule has 1 saturated carbocycles. The molecule has 1 N–H and O–H groups in total. The molecule has 4 heteroatoms. The van der Waals surface area contributed by atoms with Crippen molar-refractivity contribution in [1.29, 1.82) is 0 Å². The summed E-state index contributed by atoms with van der Waals surface area (Å²) in [5, 5.41) is 3.23. The third kappa shape index (κ3) is 3.23. The fourth-order valence-corrected chi connectivity index (χ4v) is 3.21. The van der Waals surface area contributed by atoms with Gasteiger partial charge in [0, 0.05) is 38.1 Å². The maximum atomic E-state index is 12.5. The van der Waals surface area contributed by atoms with E-state index in [4.69, 9.17) is 0 Å². The third-order valence-electron chi connectivity index (χ3n) is 4.48. The summed E-state index contributed by atoms with van der Waals surface area (Å²) in [6, 6.07) is 0.469. The number of carbonyl (C=O) groups is 1. The van der Waals surface area contributed by atoms with Crippen molar-refractivity contribution in [2.75, 3.05) is 40.3 Å². The van der Waals surface area contributed by atoms with E-state index in [1.165, 1.54) is 19.3 Å². The normalized spacial score (nSPS) is 27.4. The summed E-state index contributed by atoms with van der Waals surface area (Å²) in [4.78, 5) is 17.0. The van der Waals surface area contributed by atoms with Gasteiger partial charge in [-0.3, -0.25) is 9.69 Å². The van der Waals surface area contributed by atoms with E-state index in [0.717, 1.165) is 39.0 Å². The molecule has 2 fully saturated rings. The predicted molar refractivity (Wildman–Crippen MR) is 73.5 cm³/mol. The van der Waals surface area contributed by atoms with E-state index in [2.05, 4.69) is 22.2 Å². The maximum Gasteiger partial charge on any atom is 0.225 e. The highest BCUT2D eigenvalue weighted by molar-refractivity contribution is 5.79. The molecule has 1 atom stereocenters. The molecule has 0 aromatic carbocycles. The molecule has 1 aliphatic heterocycles. The molecular formula is C14H27N3O. The van der Waals surface area contributed by atoms with Gasteiger partial charge in [-0.15, -0.1) is 0 Å². The molecule has 1 amide bonds. The zero-order valence-corrected chi connectivity index (χ0v) is 11.8. The van der Waals surface area contributed by atoms with Crippen LogP contribution in [0.25, 0.3) is 0 Å². The Labute approximate surface area is 111 Å². The fourth-order valence-electron chi connectivity index (χ4n) is 3.21. The van der Waals surface area contributed by atoms with Crippen LogP contribution in [0, 0.1) is 5.92 Å². The molecule has 4 nitrogen and oxygen atoms in total. The van der Waals surface area contributed by atoms with E-state index in [-0.39, 0.29) is 0 Å². The lowest BCUT2D eigenvalue weighted by atomic mass is 9.88. The Balaban J connectivity index is 1.89. The fraction of sp³-hybridized carbons (Fsp3) is 0.929. The lowest BCUT2D eigenvalue weighted by Crippen LogP contribution is -2.57. The molecule has 18 heavy (non-hydrogen) atoms. The van der Waals surface area contributed by atoms with Crippen LogP contribution in [0.1, 0.15) is 32.1 Å². The number of rotatable bonds is 3. The first kappa shape index (κ1) is 13.8. The molecule has 104 valence electrons. The zero-order chi connectivity index (χ0) is 13.0. The van der Waals surface area contributed by atoms with Crippen molar-refractivity contribution in [1.82, 2.24) is 15.1 Å². The molecule has 0 aromatic heterocycles. The Morgan fingerprint density at radius 2 is 1.94 bits per heavy atom. The van der Waals surface area contributed by atoms with Crippen molar-refractivity contribution in [2.45, 2.75) is 38.1 Å². The van der Waals surface area contributed by atoms with Crippen molar-refractivity contribution in [3.8, 4) is 0 Å². The van der Waals surface area contributed by atoms with Crippen LogP contribution in [0.15, 0.2) is 0 Å². The smallest absolute Gasteiger partial charge is 0.225 e. The molecule has 2 aliphatic rings. The highest BCUT2D eigenvalue weighted by Crippen LogP contribution is 2.26. The van der Waals surface area contributed by atoms with Crippen LogP contribution in [0.5, 0.6) is 0 Å². The van der Waals surface area contributed by atoms with Gasteiger partial charge in [0.25, 0.3) is 0 Å². The Morgan fingerprint density at radius 1 is 1.22 bits per heavy atom. The van der Waals surface area contributed by atoms with Crippen LogP contribution in [0.3, 0.4) is 0 Å². The number of piperazine rings is 1. The van der Waals surface area contributed by atoms with Gasteiger partial charge in [-0.05, 0) is 26.9 Å². The van der Waals surface area contributed by atoms with Gasteiger partial charge in [-0.2, -0.15) is 0 Å². The summed E-state index contributed by atoms with van der Waals surface area (Å²) in [7, 11) is 4.14. The largest absolute Gasteiger partial charge is 0.340 e. The van der Waals surface area contributed by atoms with Gasteiger partial charge >= 0.3 is 0 Å². The second kappa shape index (κ2) is 6.53. The minimum atomic E-state index is 0.317. The summed E-state index contributed by atoms with van der Waals surface area (Å²) in [6.07, 6.45) is 6.02. The van der Waals surface area contributed by atoms with Crippen LogP contribution in [-0.4, -0.2) is 62.0 Å². The molecule has 0 bridgehead atoms. The van der Waals surface area contributed by atoms with Crippen LogP contribution in [0.4, 0.5) is 0 Å². The molecule has 1 saturated heterocycles. The summed E-state index contributed by atoms with van der Waals surface area (Å²) in [5.41, 5.74) is 0. The highest BCUT2D eigenvalue weighted by atomic mass is 16.2. The average Bonchev–Trinajstić information content (AvgIpc) is 2.42. The highest BCUT2D eigenvalue weighted by Gasteiger charge is 2.31. The SMILES string of the molecule is CNCC1CN(C(=O)C2CCCCC2)CCN1C. The molecule has 0 spiro atoms. The Morgan fingerprint density at radius 3 is 2.61 bits per heavy atom. The molecule has 2 rings (SSSR count). The number of carbonyl (C=O) groups excluding carboxylic acids is 1. The minimum Gasteiger partial charge on any atom is -0.340 e. The molecule has 1 unspecified atom stereocenters. The quantitative estimate of drug-likeness (QED) is 0.813. The van der Waals surface area contributed by atoms with E-state index in [1.54, 1.807) is 0 Å². The van der Waals surface area contributed by atoms with Gasteiger partial charge in [0.05, 0.1) is 0 Å². The lowest BCUT2D eigenvalue weighted by Gasteiger charge is -2.41. The summed E-state index contributed by atoms with van der Waals surface area (Å²) >= 11 is 0. The minimum absolute atomic E-state index is 0.317. The van der Waals surface area contributed by atoms with Crippen LogP contribution >= 0.6 is 0 Å². The van der Waals surface area contributed by atoms with Gasteiger partial charge in [0.15, 0.2) is 0 Å². The first-order valence-corrected chi connectivity index (χ1v) is 7.36. The summed E-state index contributed by atoms with van der Waals surface area (Å²) < 4.78 is 0. The number of hydrogen-bond donors (Lipinski definition) is 1. The van der Waals surface area contributed by atoms with Gasteiger partial charge < -0.3 is 10.2 Å². The van der Waals surface area contributed by atoms with Gasteiger partial charge in [-0.1, -0.05) is 19.3 Å². The maximum absolute atomic E-state index is 12.5. The van der Waals surface area contributed by atoms with E-state index in [1.807, 2.05) is 7.05 Å². The summed E-state index contributed by atoms with van der Waals surface area (Å²) in [5.74, 6) is 0.737. The van der Waals surface area contributed by atoms with E-state index >= 15 is 0 Å². The molecule has 1 heterocycles. The first-order chi connectivity index (χ1) is 8.72.